The molecule has 0 spiro atoms. The summed E-state index contributed by atoms with van der Waals surface area (Å²) in [5.41, 5.74) is 1.89. The van der Waals surface area contributed by atoms with Crippen molar-refractivity contribution >= 4 is 40.6 Å². The van der Waals surface area contributed by atoms with Crippen molar-refractivity contribution in [3.8, 4) is 11.5 Å². The number of hydrogen-bond acceptors (Lipinski definition) is 7. The summed E-state index contributed by atoms with van der Waals surface area (Å²) in [4.78, 5) is 30.7. The number of esters is 1. The normalized spacial score (nSPS) is 16.4. The summed E-state index contributed by atoms with van der Waals surface area (Å²) < 4.78 is 15.2. The molecule has 150 valence electrons. The molecule has 3 rings (SSSR count). The van der Waals surface area contributed by atoms with Crippen molar-refractivity contribution in [1.29, 1.82) is 0 Å². The number of carbonyl (C=O) groups is 2. The summed E-state index contributed by atoms with van der Waals surface area (Å²) in [6, 6.07) is 12.1. The van der Waals surface area contributed by atoms with Gasteiger partial charge in [0.2, 0.25) is 0 Å². The molecule has 0 aliphatic carbocycles. The molecule has 2 aromatic rings. The Labute approximate surface area is 173 Å². The average molecular weight is 412 g/mol. The highest BCUT2D eigenvalue weighted by molar-refractivity contribution is 8.18. The van der Waals surface area contributed by atoms with Crippen molar-refractivity contribution in [3.63, 3.8) is 0 Å². The molecule has 0 saturated carbocycles. The van der Waals surface area contributed by atoms with Crippen molar-refractivity contribution in [2.45, 2.75) is 0 Å². The van der Waals surface area contributed by atoms with Crippen molar-refractivity contribution < 1.29 is 23.8 Å². The molecule has 2 aromatic carbocycles. The van der Waals surface area contributed by atoms with Gasteiger partial charge in [-0.15, -0.1) is 0 Å². The molecule has 0 unspecified atom stereocenters. The zero-order chi connectivity index (χ0) is 21.0. The van der Waals surface area contributed by atoms with Gasteiger partial charge in [-0.25, -0.2) is 9.79 Å². The van der Waals surface area contributed by atoms with Gasteiger partial charge in [0.25, 0.3) is 5.91 Å². The Morgan fingerprint density at radius 2 is 1.72 bits per heavy atom. The zero-order valence-corrected chi connectivity index (χ0v) is 17.3. The van der Waals surface area contributed by atoms with E-state index in [0.29, 0.717) is 32.8 Å². The molecule has 1 amide bonds. The molecule has 0 bridgehead atoms. The average Bonchev–Trinajstić information content (AvgIpc) is 3.01. The second-order valence-corrected chi connectivity index (χ2v) is 7.03. The lowest BCUT2D eigenvalue weighted by molar-refractivity contribution is -0.121. The first kappa shape index (κ1) is 20.5. The number of benzene rings is 2. The smallest absolute Gasteiger partial charge is 0.337 e. The number of thioether (sulfide) groups is 1. The summed E-state index contributed by atoms with van der Waals surface area (Å²) >= 11 is 1.28. The largest absolute Gasteiger partial charge is 0.493 e. The number of amidine groups is 1. The first-order chi connectivity index (χ1) is 14.0. The zero-order valence-electron chi connectivity index (χ0n) is 16.5. The van der Waals surface area contributed by atoms with E-state index in [1.807, 2.05) is 6.07 Å². The van der Waals surface area contributed by atoms with Gasteiger partial charge in [0.1, 0.15) is 0 Å². The topological polar surface area (TPSA) is 77.4 Å². The number of methoxy groups -OCH3 is 3. The maximum Gasteiger partial charge on any atom is 0.337 e. The van der Waals surface area contributed by atoms with Crippen molar-refractivity contribution in [3.05, 3.63) is 58.5 Å². The van der Waals surface area contributed by atoms with E-state index in [1.54, 1.807) is 63.7 Å². The van der Waals surface area contributed by atoms with Crippen molar-refractivity contribution in [1.82, 2.24) is 4.90 Å². The minimum Gasteiger partial charge on any atom is -0.493 e. The van der Waals surface area contributed by atoms with E-state index in [4.69, 9.17) is 9.47 Å². The highest BCUT2D eigenvalue weighted by atomic mass is 32.2. The minimum atomic E-state index is -0.410. The molecule has 1 heterocycles. The van der Waals surface area contributed by atoms with Gasteiger partial charge in [0.15, 0.2) is 16.7 Å². The number of aliphatic imine (C=N–C) groups is 1. The SMILES string of the molecule is COC(=O)c1ccc(N=C2S/C(=C\c3ccc(OC)c(OC)c3)C(=O)N2C)cc1. The fourth-order valence-corrected chi connectivity index (χ4v) is 3.63. The van der Waals surface area contributed by atoms with Gasteiger partial charge in [0.05, 0.1) is 37.5 Å². The number of likely N-dealkylation sites (N-methyl/N-ethyl adjacent to an activating group) is 1. The Kier molecular flexibility index (Phi) is 6.23. The molecule has 0 radical (unpaired) electrons. The van der Waals surface area contributed by atoms with Crippen LogP contribution in [0.2, 0.25) is 0 Å². The van der Waals surface area contributed by atoms with Crippen LogP contribution < -0.4 is 9.47 Å². The van der Waals surface area contributed by atoms with E-state index in [2.05, 4.69) is 9.73 Å². The van der Waals surface area contributed by atoms with Crippen LogP contribution in [0.15, 0.2) is 52.4 Å². The molecule has 1 aliphatic heterocycles. The molecule has 0 aromatic heterocycles. The van der Waals surface area contributed by atoms with Crippen LogP contribution in [0.1, 0.15) is 15.9 Å². The standard InChI is InChI=1S/C21H20N2O5S/c1-23-19(24)18(12-13-5-10-16(26-2)17(11-13)27-3)29-21(23)22-15-8-6-14(7-9-15)20(25)28-4/h5-12H,1-4H3/b18-12-,22-21?. The summed E-state index contributed by atoms with van der Waals surface area (Å²) in [6.07, 6.45) is 1.79. The lowest BCUT2D eigenvalue weighted by atomic mass is 10.2. The first-order valence-corrected chi connectivity index (χ1v) is 9.45. The molecule has 8 heteroatoms. The summed E-state index contributed by atoms with van der Waals surface area (Å²) in [6.45, 7) is 0. The fraction of sp³-hybridized carbons (Fsp3) is 0.190. The molecule has 7 nitrogen and oxygen atoms in total. The van der Waals surface area contributed by atoms with Gasteiger partial charge in [-0.3, -0.25) is 9.69 Å². The molecule has 1 saturated heterocycles. The molecule has 0 N–H and O–H groups in total. The molecular weight excluding hydrogens is 392 g/mol. The van der Waals surface area contributed by atoms with Crippen LogP contribution >= 0.6 is 11.8 Å². The molecule has 1 fully saturated rings. The highest BCUT2D eigenvalue weighted by Gasteiger charge is 2.30. The van der Waals surface area contributed by atoms with E-state index in [1.165, 1.54) is 23.8 Å². The summed E-state index contributed by atoms with van der Waals surface area (Å²) in [7, 11) is 6.14. The third-order valence-electron chi connectivity index (χ3n) is 4.22. The first-order valence-electron chi connectivity index (χ1n) is 8.63. The van der Waals surface area contributed by atoms with Crippen molar-refractivity contribution in [2.24, 2.45) is 4.99 Å². The Hall–Kier alpha value is -3.26. The van der Waals surface area contributed by atoms with E-state index in [0.717, 1.165) is 5.56 Å². The number of carbonyl (C=O) groups excluding carboxylic acids is 2. The van der Waals surface area contributed by atoms with Gasteiger partial charge < -0.3 is 14.2 Å². The molecule has 0 atom stereocenters. The Morgan fingerprint density at radius 3 is 2.34 bits per heavy atom. The van der Waals surface area contributed by atoms with Crippen LogP contribution in [0.25, 0.3) is 6.08 Å². The third-order valence-corrected chi connectivity index (χ3v) is 5.28. The number of nitrogens with zero attached hydrogens (tertiary/aromatic N) is 2. The van der Waals surface area contributed by atoms with Gasteiger partial charge in [-0.1, -0.05) is 6.07 Å². The summed E-state index contributed by atoms with van der Waals surface area (Å²) in [5, 5.41) is 0.549. The van der Waals surface area contributed by atoms with Crippen LogP contribution in [-0.4, -0.2) is 50.3 Å². The minimum absolute atomic E-state index is 0.144. The lowest BCUT2D eigenvalue weighted by Crippen LogP contribution is -2.23. The maximum atomic E-state index is 12.6. The molecule has 1 aliphatic rings. The van der Waals surface area contributed by atoms with Gasteiger partial charge >= 0.3 is 5.97 Å². The fourth-order valence-electron chi connectivity index (χ4n) is 2.65. The maximum absolute atomic E-state index is 12.6. The van der Waals surface area contributed by atoms with Crippen LogP contribution in [-0.2, 0) is 9.53 Å². The predicted molar refractivity (Wildman–Crippen MR) is 113 cm³/mol. The van der Waals surface area contributed by atoms with Crippen LogP contribution in [0.3, 0.4) is 0 Å². The molecular formula is C21H20N2O5S. The second kappa shape index (κ2) is 8.83. The predicted octanol–water partition coefficient (Wildman–Crippen LogP) is 3.72. The Balaban J connectivity index is 1.84. The van der Waals surface area contributed by atoms with Crippen LogP contribution in [0.4, 0.5) is 5.69 Å². The van der Waals surface area contributed by atoms with E-state index >= 15 is 0 Å². The highest BCUT2D eigenvalue weighted by Crippen LogP contribution is 2.35. The monoisotopic (exact) mass is 412 g/mol. The van der Waals surface area contributed by atoms with Gasteiger partial charge in [0, 0.05) is 7.05 Å². The van der Waals surface area contributed by atoms with Crippen LogP contribution in [0.5, 0.6) is 11.5 Å². The van der Waals surface area contributed by atoms with Gasteiger partial charge in [-0.05, 0) is 59.8 Å². The Morgan fingerprint density at radius 1 is 1.03 bits per heavy atom. The van der Waals surface area contributed by atoms with E-state index < -0.39 is 5.97 Å². The second-order valence-electron chi connectivity index (χ2n) is 6.02. The van der Waals surface area contributed by atoms with Crippen LogP contribution in [0, 0.1) is 0 Å². The number of rotatable bonds is 5. The third kappa shape index (κ3) is 4.43. The Bertz CT molecular complexity index is 999. The number of amides is 1. The lowest BCUT2D eigenvalue weighted by Gasteiger charge is -2.08. The van der Waals surface area contributed by atoms with Gasteiger partial charge in [-0.2, -0.15) is 0 Å². The summed E-state index contributed by atoms with van der Waals surface area (Å²) in [5.74, 6) is 0.654. The quantitative estimate of drug-likeness (QED) is 0.550. The van der Waals surface area contributed by atoms with E-state index in [-0.39, 0.29) is 5.91 Å². The molecule has 29 heavy (non-hydrogen) atoms. The van der Waals surface area contributed by atoms with E-state index in [9.17, 15) is 9.59 Å². The number of hydrogen-bond donors (Lipinski definition) is 0. The van der Waals surface area contributed by atoms with Crippen molar-refractivity contribution in [2.75, 3.05) is 28.4 Å². The number of ether oxygens (including phenoxy) is 3.